The number of rotatable bonds is 4. The quantitative estimate of drug-likeness (QED) is 0.561. The Morgan fingerprint density at radius 3 is 2.36 bits per heavy atom. The van der Waals surface area contributed by atoms with Crippen LogP contribution >= 0.6 is 0 Å². The van der Waals surface area contributed by atoms with Crippen molar-refractivity contribution in [3.63, 3.8) is 0 Å². The van der Waals surface area contributed by atoms with Gasteiger partial charge in [0, 0.05) is 12.0 Å². The van der Waals surface area contributed by atoms with E-state index < -0.39 is 5.60 Å². The Morgan fingerprint density at radius 2 is 1.72 bits per heavy atom. The molecule has 2 aromatic rings. The molecule has 0 radical (unpaired) electrons. The van der Waals surface area contributed by atoms with E-state index in [1.807, 2.05) is 13.0 Å². The zero-order valence-corrected chi connectivity index (χ0v) is 15.6. The van der Waals surface area contributed by atoms with Crippen LogP contribution in [0.25, 0.3) is 0 Å². The summed E-state index contributed by atoms with van der Waals surface area (Å²) in [6, 6.07) is 17.0. The van der Waals surface area contributed by atoms with Crippen LogP contribution in [-0.4, -0.2) is 5.97 Å². The van der Waals surface area contributed by atoms with Crippen molar-refractivity contribution >= 4 is 5.97 Å². The first kappa shape index (κ1) is 17.5. The molecular formula is C23H26O2. The third-order valence-corrected chi connectivity index (χ3v) is 5.08. The van der Waals surface area contributed by atoms with Crippen LogP contribution in [0.1, 0.15) is 56.4 Å². The molecule has 0 heterocycles. The van der Waals surface area contributed by atoms with E-state index in [1.54, 1.807) is 6.92 Å². The second kappa shape index (κ2) is 6.18. The van der Waals surface area contributed by atoms with Gasteiger partial charge in [0.25, 0.3) is 0 Å². The van der Waals surface area contributed by atoms with Gasteiger partial charge in [-0.05, 0) is 47.9 Å². The molecule has 0 saturated heterocycles. The van der Waals surface area contributed by atoms with Gasteiger partial charge in [0.2, 0.25) is 0 Å². The van der Waals surface area contributed by atoms with Gasteiger partial charge >= 0.3 is 5.97 Å². The highest BCUT2D eigenvalue weighted by molar-refractivity contribution is 5.87. The number of hydrogen-bond donors (Lipinski definition) is 0. The van der Waals surface area contributed by atoms with Gasteiger partial charge in [-0.3, -0.25) is 0 Å². The van der Waals surface area contributed by atoms with Crippen LogP contribution in [0.5, 0.6) is 0 Å². The molecule has 2 heteroatoms. The number of carbonyl (C=O) groups is 1. The van der Waals surface area contributed by atoms with Gasteiger partial charge in [-0.2, -0.15) is 0 Å². The smallest absolute Gasteiger partial charge is 0.333 e. The third kappa shape index (κ3) is 3.39. The Kier molecular flexibility index (Phi) is 4.32. The van der Waals surface area contributed by atoms with Gasteiger partial charge < -0.3 is 4.74 Å². The summed E-state index contributed by atoms with van der Waals surface area (Å²) in [4.78, 5) is 12.1. The minimum Gasteiger partial charge on any atom is -0.451 e. The van der Waals surface area contributed by atoms with E-state index >= 15 is 0 Å². The molecule has 130 valence electrons. The maximum atomic E-state index is 12.1. The molecule has 0 aromatic heterocycles. The van der Waals surface area contributed by atoms with Crippen molar-refractivity contribution in [2.45, 2.75) is 51.6 Å². The lowest BCUT2D eigenvalue weighted by molar-refractivity contribution is -0.154. The summed E-state index contributed by atoms with van der Waals surface area (Å²) >= 11 is 0. The summed E-state index contributed by atoms with van der Waals surface area (Å²) in [6.07, 6.45) is 1.69. The van der Waals surface area contributed by atoms with Crippen molar-refractivity contribution < 1.29 is 9.53 Å². The van der Waals surface area contributed by atoms with Gasteiger partial charge in [0.15, 0.2) is 0 Å². The topological polar surface area (TPSA) is 26.3 Å². The normalized spacial score (nSPS) is 20.8. The Labute approximate surface area is 150 Å². The van der Waals surface area contributed by atoms with Crippen LogP contribution in [0.4, 0.5) is 0 Å². The SMILES string of the molecule is C=C(C)C(=O)OC1(C)CC(C)(C)c2cc(Cc3ccccc3)ccc21. The standard InChI is InChI=1S/C23H26O2/c1-16(2)21(24)25-23(5)15-22(3,4)20-14-18(11-12-19(20)23)13-17-9-7-6-8-10-17/h6-12,14H,1,13,15H2,2-5H3. The van der Waals surface area contributed by atoms with E-state index in [-0.39, 0.29) is 11.4 Å². The number of ether oxygens (including phenoxy) is 1. The van der Waals surface area contributed by atoms with E-state index in [4.69, 9.17) is 4.74 Å². The van der Waals surface area contributed by atoms with Gasteiger partial charge in [-0.1, -0.05) is 69.0 Å². The summed E-state index contributed by atoms with van der Waals surface area (Å²) < 4.78 is 5.84. The molecule has 0 fully saturated rings. The predicted octanol–water partition coefficient (Wildman–Crippen LogP) is 5.29. The third-order valence-electron chi connectivity index (χ3n) is 5.08. The Balaban J connectivity index is 1.95. The molecule has 1 atom stereocenters. The van der Waals surface area contributed by atoms with Gasteiger partial charge in [-0.25, -0.2) is 4.79 Å². The first-order chi connectivity index (χ1) is 11.7. The van der Waals surface area contributed by atoms with Crippen LogP contribution in [0.3, 0.4) is 0 Å². The number of hydrogen-bond acceptors (Lipinski definition) is 2. The fraction of sp³-hybridized carbons (Fsp3) is 0.348. The van der Waals surface area contributed by atoms with Crippen LogP contribution in [0.2, 0.25) is 0 Å². The van der Waals surface area contributed by atoms with Crippen molar-refractivity contribution in [2.24, 2.45) is 0 Å². The molecular weight excluding hydrogens is 308 g/mol. The number of benzene rings is 2. The maximum absolute atomic E-state index is 12.1. The van der Waals surface area contributed by atoms with Crippen molar-refractivity contribution in [1.82, 2.24) is 0 Å². The average Bonchev–Trinajstić information content (AvgIpc) is 2.74. The molecule has 1 aliphatic rings. The number of fused-ring (bicyclic) bond motifs is 1. The summed E-state index contributed by atoms with van der Waals surface area (Å²) in [6.45, 7) is 11.8. The lowest BCUT2D eigenvalue weighted by Crippen LogP contribution is -2.28. The second-order valence-corrected chi connectivity index (χ2v) is 8.00. The molecule has 0 aliphatic heterocycles. The highest BCUT2D eigenvalue weighted by Gasteiger charge is 2.47. The minimum absolute atomic E-state index is 0.0356. The van der Waals surface area contributed by atoms with Gasteiger partial charge in [-0.15, -0.1) is 0 Å². The molecule has 0 N–H and O–H groups in total. The van der Waals surface area contributed by atoms with Crippen LogP contribution in [-0.2, 0) is 27.0 Å². The van der Waals surface area contributed by atoms with Gasteiger partial charge in [0.1, 0.15) is 5.60 Å². The highest BCUT2D eigenvalue weighted by Crippen LogP contribution is 2.50. The molecule has 0 amide bonds. The van der Waals surface area contributed by atoms with E-state index in [0.29, 0.717) is 5.57 Å². The molecule has 1 unspecified atom stereocenters. The Bertz CT molecular complexity index is 817. The van der Waals surface area contributed by atoms with Crippen molar-refractivity contribution in [1.29, 1.82) is 0 Å². The second-order valence-electron chi connectivity index (χ2n) is 8.00. The first-order valence-corrected chi connectivity index (χ1v) is 8.78. The molecule has 0 bridgehead atoms. The molecule has 1 aliphatic carbocycles. The van der Waals surface area contributed by atoms with Crippen molar-refractivity contribution in [3.05, 3.63) is 82.9 Å². The fourth-order valence-electron chi connectivity index (χ4n) is 3.97. The van der Waals surface area contributed by atoms with Crippen molar-refractivity contribution in [2.75, 3.05) is 0 Å². The summed E-state index contributed by atoms with van der Waals surface area (Å²) in [5.41, 5.74) is 4.78. The molecule has 0 saturated carbocycles. The lowest BCUT2D eigenvalue weighted by Gasteiger charge is -2.27. The Hall–Kier alpha value is -2.35. The number of esters is 1. The van der Waals surface area contributed by atoms with E-state index in [0.717, 1.165) is 18.4 Å². The minimum atomic E-state index is -0.597. The average molecular weight is 334 g/mol. The molecule has 3 rings (SSSR count). The van der Waals surface area contributed by atoms with Crippen molar-refractivity contribution in [3.8, 4) is 0 Å². The molecule has 2 aromatic carbocycles. The zero-order chi connectivity index (χ0) is 18.2. The Morgan fingerprint density at radius 1 is 1.04 bits per heavy atom. The zero-order valence-electron chi connectivity index (χ0n) is 15.6. The maximum Gasteiger partial charge on any atom is 0.333 e. The van der Waals surface area contributed by atoms with E-state index in [2.05, 4.69) is 62.9 Å². The van der Waals surface area contributed by atoms with Gasteiger partial charge in [0.05, 0.1) is 0 Å². The summed E-state index contributed by atoms with van der Waals surface area (Å²) in [5.74, 6) is -0.320. The van der Waals surface area contributed by atoms with Crippen LogP contribution in [0.15, 0.2) is 60.7 Å². The predicted molar refractivity (Wildman–Crippen MR) is 102 cm³/mol. The molecule has 0 spiro atoms. The monoisotopic (exact) mass is 334 g/mol. The summed E-state index contributed by atoms with van der Waals surface area (Å²) in [7, 11) is 0. The lowest BCUT2D eigenvalue weighted by atomic mass is 9.84. The first-order valence-electron chi connectivity index (χ1n) is 8.78. The largest absolute Gasteiger partial charge is 0.451 e. The fourth-order valence-corrected chi connectivity index (χ4v) is 3.97. The number of carbonyl (C=O) groups excluding carboxylic acids is 1. The molecule has 25 heavy (non-hydrogen) atoms. The van der Waals surface area contributed by atoms with Crippen LogP contribution < -0.4 is 0 Å². The molecule has 2 nitrogen and oxygen atoms in total. The van der Waals surface area contributed by atoms with Crippen LogP contribution in [0, 0.1) is 0 Å². The van der Waals surface area contributed by atoms with E-state index in [9.17, 15) is 4.79 Å². The summed E-state index contributed by atoms with van der Waals surface area (Å²) in [5, 5.41) is 0. The highest BCUT2D eigenvalue weighted by atomic mass is 16.6. The van der Waals surface area contributed by atoms with E-state index in [1.165, 1.54) is 16.7 Å².